The highest BCUT2D eigenvalue weighted by molar-refractivity contribution is 5.94. The molecule has 3 rings (SSSR count). The molecule has 0 saturated heterocycles. The molecule has 0 aliphatic heterocycles. The lowest BCUT2D eigenvalue weighted by atomic mass is 10.0. The Labute approximate surface area is 162 Å². The van der Waals surface area contributed by atoms with Crippen molar-refractivity contribution in [2.75, 3.05) is 20.3 Å². The zero-order valence-corrected chi connectivity index (χ0v) is 16.4. The third-order valence-corrected chi connectivity index (χ3v) is 4.49. The first-order valence-corrected chi connectivity index (χ1v) is 8.89. The fraction of sp³-hybridized carbons (Fsp3) is 0.300. The molecule has 0 fully saturated rings. The molecule has 28 heavy (non-hydrogen) atoms. The van der Waals surface area contributed by atoms with Crippen molar-refractivity contribution >= 4 is 5.91 Å². The number of hydrogen-bond donors (Lipinski definition) is 1. The standard InChI is InChI=1S/C20H23N5O3/c1-13-5-6-15(9-14(13)2)18-10-17(19(26)21-7-8-28-4)20(27)25(23-18)16-11-22-24(3)12-16/h5-6,9-12H,7-8H2,1-4H3,(H,21,26). The molecule has 0 bridgehead atoms. The van der Waals surface area contributed by atoms with Gasteiger partial charge in [0.2, 0.25) is 0 Å². The Morgan fingerprint density at radius 2 is 2.00 bits per heavy atom. The van der Waals surface area contributed by atoms with Crippen LogP contribution < -0.4 is 10.9 Å². The summed E-state index contributed by atoms with van der Waals surface area (Å²) in [5.74, 6) is -0.466. The molecule has 0 saturated carbocycles. The van der Waals surface area contributed by atoms with Crippen LogP contribution in [-0.2, 0) is 11.8 Å². The number of carbonyl (C=O) groups excluding carboxylic acids is 1. The number of aryl methyl sites for hydroxylation is 3. The van der Waals surface area contributed by atoms with E-state index in [1.54, 1.807) is 25.0 Å². The van der Waals surface area contributed by atoms with Gasteiger partial charge in [0.15, 0.2) is 0 Å². The minimum absolute atomic E-state index is 0.0168. The van der Waals surface area contributed by atoms with Crippen LogP contribution in [-0.4, -0.2) is 45.7 Å². The number of carbonyl (C=O) groups is 1. The normalized spacial score (nSPS) is 10.9. The highest BCUT2D eigenvalue weighted by atomic mass is 16.5. The first kappa shape index (κ1) is 19.5. The predicted octanol–water partition coefficient (Wildman–Crippen LogP) is 1.63. The van der Waals surface area contributed by atoms with E-state index in [-0.39, 0.29) is 5.56 Å². The van der Waals surface area contributed by atoms with Crippen LogP contribution in [0.3, 0.4) is 0 Å². The molecule has 0 aliphatic rings. The first-order chi connectivity index (χ1) is 13.4. The van der Waals surface area contributed by atoms with Crippen molar-refractivity contribution in [3.05, 3.63) is 63.7 Å². The summed E-state index contributed by atoms with van der Waals surface area (Å²) < 4.78 is 7.74. The molecular formula is C20H23N5O3. The number of benzene rings is 1. The number of rotatable bonds is 6. The van der Waals surface area contributed by atoms with Crippen molar-refractivity contribution in [3.8, 4) is 16.9 Å². The Bertz CT molecular complexity index is 1070. The second-order valence-corrected chi connectivity index (χ2v) is 6.58. The van der Waals surface area contributed by atoms with Crippen LogP contribution in [0.5, 0.6) is 0 Å². The van der Waals surface area contributed by atoms with Crippen molar-refractivity contribution < 1.29 is 9.53 Å². The second-order valence-electron chi connectivity index (χ2n) is 6.58. The van der Waals surface area contributed by atoms with Crippen LogP contribution >= 0.6 is 0 Å². The van der Waals surface area contributed by atoms with Gasteiger partial charge in [-0.25, -0.2) is 0 Å². The average molecular weight is 381 g/mol. The third kappa shape index (κ3) is 4.01. The minimum atomic E-state index is -0.504. The van der Waals surface area contributed by atoms with Crippen LogP contribution in [0.2, 0.25) is 0 Å². The summed E-state index contributed by atoms with van der Waals surface area (Å²) >= 11 is 0. The van der Waals surface area contributed by atoms with Crippen molar-refractivity contribution in [2.24, 2.45) is 7.05 Å². The van der Waals surface area contributed by atoms with Gasteiger partial charge >= 0.3 is 0 Å². The molecule has 0 aliphatic carbocycles. The Morgan fingerprint density at radius 1 is 1.21 bits per heavy atom. The summed E-state index contributed by atoms with van der Waals surface area (Å²) in [5.41, 5.74) is 3.62. The van der Waals surface area contributed by atoms with E-state index in [9.17, 15) is 9.59 Å². The van der Waals surface area contributed by atoms with E-state index in [4.69, 9.17) is 4.74 Å². The van der Waals surface area contributed by atoms with Gasteiger partial charge in [0.05, 0.1) is 24.7 Å². The topological polar surface area (TPSA) is 91.0 Å². The van der Waals surface area contributed by atoms with Gasteiger partial charge in [0.25, 0.3) is 11.5 Å². The van der Waals surface area contributed by atoms with Gasteiger partial charge < -0.3 is 10.1 Å². The quantitative estimate of drug-likeness (QED) is 0.656. The summed E-state index contributed by atoms with van der Waals surface area (Å²) in [4.78, 5) is 25.5. The second kappa shape index (κ2) is 8.18. The van der Waals surface area contributed by atoms with Crippen LogP contribution in [0.1, 0.15) is 21.5 Å². The van der Waals surface area contributed by atoms with Gasteiger partial charge in [-0.15, -0.1) is 0 Å². The molecule has 8 heteroatoms. The molecule has 1 N–H and O–H groups in total. The Kier molecular flexibility index (Phi) is 5.70. The van der Waals surface area contributed by atoms with E-state index in [1.165, 1.54) is 16.9 Å². The zero-order chi connectivity index (χ0) is 20.3. The number of amides is 1. The Hall–Kier alpha value is -3.26. The molecule has 1 amide bonds. The minimum Gasteiger partial charge on any atom is -0.383 e. The number of nitrogens with one attached hydrogen (secondary N) is 1. The molecule has 0 radical (unpaired) electrons. The summed E-state index contributed by atoms with van der Waals surface area (Å²) in [5, 5.41) is 11.3. The van der Waals surface area contributed by atoms with Crippen LogP contribution in [0, 0.1) is 13.8 Å². The number of hydrogen-bond acceptors (Lipinski definition) is 5. The molecule has 8 nitrogen and oxygen atoms in total. The van der Waals surface area contributed by atoms with E-state index < -0.39 is 11.5 Å². The van der Waals surface area contributed by atoms with Crippen molar-refractivity contribution in [2.45, 2.75) is 13.8 Å². The monoisotopic (exact) mass is 381 g/mol. The Balaban J connectivity index is 2.14. The molecule has 146 valence electrons. The number of nitrogens with zero attached hydrogens (tertiary/aromatic N) is 4. The smallest absolute Gasteiger partial charge is 0.284 e. The van der Waals surface area contributed by atoms with Crippen molar-refractivity contribution in [1.82, 2.24) is 24.9 Å². The van der Waals surface area contributed by atoms with Crippen LogP contribution in [0.25, 0.3) is 16.9 Å². The summed E-state index contributed by atoms with van der Waals surface area (Å²) in [7, 11) is 3.30. The lowest BCUT2D eigenvalue weighted by Crippen LogP contribution is -2.35. The molecular weight excluding hydrogens is 358 g/mol. The third-order valence-electron chi connectivity index (χ3n) is 4.49. The van der Waals surface area contributed by atoms with E-state index in [2.05, 4.69) is 15.5 Å². The number of aromatic nitrogens is 4. The molecule has 2 aromatic heterocycles. The van der Waals surface area contributed by atoms with E-state index in [0.717, 1.165) is 16.7 Å². The highest BCUT2D eigenvalue weighted by Gasteiger charge is 2.18. The maximum atomic E-state index is 12.9. The maximum absolute atomic E-state index is 12.9. The van der Waals surface area contributed by atoms with Gasteiger partial charge in [0, 0.05) is 26.3 Å². The number of methoxy groups -OCH3 is 1. The summed E-state index contributed by atoms with van der Waals surface area (Å²) in [6.45, 7) is 4.70. The molecule has 0 spiro atoms. The SMILES string of the molecule is COCCNC(=O)c1cc(-c2ccc(C)c(C)c2)nn(-c2cnn(C)c2)c1=O. The van der Waals surface area contributed by atoms with Gasteiger partial charge in [-0.2, -0.15) is 14.9 Å². The zero-order valence-electron chi connectivity index (χ0n) is 16.4. The fourth-order valence-electron chi connectivity index (χ4n) is 2.75. The average Bonchev–Trinajstić information content (AvgIpc) is 3.10. The molecule has 3 aromatic rings. The highest BCUT2D eigenvalue weighted by Crippen LogP contribution is 2.21. The van der Waals surface area contributed by atoms with E-state index >= 15 is 0 Å². The lowest BCUT2D eigenvalue weighted by molar-refractivity contribution is 0.0935. The van der Waals surface area contributed by atoms with E-state index in [1.807, 2.05) is 32.0 Å². The van der Waals surface area contributed by atoms with Crippen LogP contribution in [0.4, 0.5) is 0 Å². The molecule has 1 aromatic carbocycles. The predicted molar refractivity (Wildman–Crippen MR) is 106 cm³/mol. The van der Waals surface area contributed by atoms with Crippen LogP contribution in [0.15, 0.2) is 41.5 Å². The fourth-order valence-corrected chi connectivity index (χ4v) is 2.75. The summed E-state index contributed by atoms with van der Waals surface area (Å²) in [6.07, 6.45) is 3.20. The van der Waals surface area contributed by atoms with Crippen molar-refractivity contribution in [1.29, 1.82) is 0 Å². The molecule has 0 atom stereocenters. The first-order valence-electron chi connectivity index (χ1n) is 8.89. The lowest BCUT2D eigenvalue weighted by Gasteiger charge is -2.11. The Morgan fingerprint density at radius 3 is 2.64 bits per heavy atom. The maximum Gasteiger partial charge on any atom is 0.284 e. The van der Waals surface area contributed by atoms with Crippen molar-refractivity contribution in [3.63, 3.8) is 0 Å². The van der Waals surface area contributed by atoms with Gasteiger partial charge in [0.1, 0.15) is 11.3 Å². The summed E-state index contributed by atoms with van der Waals surface area (Å²) in [6, 6.07) is 7.43. The number of ether oxygens (including phenoxy) is 1. The van der Waals surface area contributed by atoms with Gasteiger partial charge in [-0.3, -0.25) is 14.3 Å². The van der Waals surface area contributed by atoms with Gasteiger partial charge in [-0.1, -0.05) is 12.1 Å². The molecule has 2 heterocycles. The van der Waals surface area contributed by atoms with Gasteiger partial charge in [-0.05, 0) is 37.1 Å². The van der Waals surface area contributed by atoms with E-state index in [0.29, 0.717) is 24.5 Å². The molecule has 0 unspecified atom stereocenters. The largest absolute Gasteiger partial charge is 0.383 e.